The van der Waals surface area contributed by atoms with Gasteiger partial charge in [0.15, 0.2) is 0 Å². The molecule has 1 saturated heterocycles. The first-order valence-electron chi connectivity index (χ1n) is 6.28. The topological polar surface area (TPSA) is 102 Å². The van der Waals surface area contributed by atoms with Crippen LogP contribution in [0.5, 0.6) is 0 Å². The molecule has 104 valence electrons. The summed E-state index contributed by atoms with van der Waals surface area (Å²) in [6.07, 6.45) is 1.26. The van der Waals surface area contributed by atoms with E-state index in [4.69, 9.17) is 0 Å². The average Bonchev–Trinajstić information content (AvgIpc) is 2.89. The minimum absolute atomic E-state index is 0.00572. The molecule has 0 bridgehead atoms. The van der Waals surface area contributed by atoms with Gasteiger partial charge in [-0.25, -0.2) is 4.68 Å². The molecule has 1 atom stereocenters. The van der Waals surface area contributed by atoms with Gasteiger partial charge in [0.25, 0.3) is 0 Å². The zero-order chi connectivity index (χ0) is 14.0. The molecule has 1 aliphatic rings. The highest BCUT2D eigenvalue weighted by atomic mass is 16.6. The molecule has 2 N–H and O–H groups in total. The van der Waals surface area contributed by atoms with Gasteiger partial charge in [0.1, 0.15) is 5.69 Å². The van der Waals surface area contributed by atoms with E-state index in [9.17, 15) is 14.9 Å². The Balaban J connectivity index is 2.14. The van der Waals surface area contributed by atoms with Gasteiger partial charge in [-0.15, -0.1) is 0 Å². The lowest BCUT2D eigenvalue weighted by atomic mass is 10.2. The third kappa shape index (κ3) is 2.67. The molecular formula is C11H17N5O3. The highest BCUT2D eigenvalue weighted by molar-refractivity contribution is 5.78. The van der Waals surface area contributed by atoms with Gasteiger partial charge < -0.3 is 10.6 Å². The molecule has 8 heteroatoms. The van der Waals surface area contributed by atoms with Crippen molar-refractivity contribution in [1.82, 2.24) is 15.1 Å². The van der Waals surface area contributed by atoms with Crippen molar-refractivity contribution in [3.8, 4) is 0 Å². The third-order valence-corrected chi connectivity index (χ3v) is 3.18. The van der Waals surface area contributed by atoms with Crippen LogP contribution < -0.4 is 10.6 Å². The number of nitrogens with zero attached hydrogens (tertiary/aromatic N) is 3. The fraction of sp³-hybridized carbons (Fsp3) is 0.636. The molecule has 2 heterocycles. The van der Waals surface area contributed by atoms with Crippen molar-refractivity contribution in [2.45, 2.75) is 39.3 Å². The van der Waals surface area contributed by atoms with Crippen LogP contribution in [0.4, 0.5) is 11.5 Å². The molecule has 0 aromatic carbocycles. The van der Waals surface area contributed by atoms with E-state index in [1.807, 2.05) is 6.92 Å². The molecule has 0 spiro atoms. The highest BCUT2D eigenvalue weighted by Crippen LogP contribution is 2.28. The fourth-order valence-corrected chi connectivity index (χ4v) is 2.24. The van der Waals surface area contributed by atoms with Crippen LogP contribution in [0, 0.1) is 17.0 Å². The largest absolute Gasteiger partial charge is 0.362 e. The molecule has 0 radical (unpaired) electrons. The lowest BCUT2D eigenvalue weighted by molar-refractivity contribution is -0.384. The van der Waals surface area contributed by atoms with Crippen LogP contribution in [0.1, 0.15) is 25.5 Å². The molecule has 1 amide bonds. The van der Waals surface area contributed by atoms with Crippen LogP contribution in [0.15, 0.2) is 0 Å². The first-order chi connectivity index (χ1) is 9.02. The first kappa shape index (κ1) is 13.3. The number of nitro groups is 1. The van der Waals surface area contributed by atoms with Gasteiger partial charge in [-0.05, 0) is 20.3 Å². The molecule has 0 aliphatic carbocycles. The smallest absolute Gasteiger partial charge is 0.333 e. The zero-order valence-electron chi connectivity index (χ0n) is 11.0. The maximum Gasteiger partial charge on any atom is 0.333 e. The van der Waals surface area contributed by atoms with Crippen LogP contribution in [-0.4, -0.2) is 33.2 Å². The second kappa shape index (κ2) is 5.25. The number of aryl methyl sites for hydroxylation is 2. The summed E-state index contributed by atoms with van der Waals surface area (Å²) >= 11 is 0. The minimum Gasteiger partial charge on any atom is -0.362 e. The van der Waals surface area contributed by atoms with E-state index in [1.54, 1.807) is 11.6 Å². The second-order valence-corrected chi connectivity index (χ2v) is 4.54. The van der Waals surface area contributed by atoms with E-state index < -0.39 is 4.92 Å². The Morgan fingerprint density at radius 2 is 2.37 bits per heavy atom. The summed E-state index contributed by atoms with van der Waals surface area (Å²) in [6, 6.07) is 0.0209. The van der Waals surface area contributed by atoms with Gasteiger partial charge >= 0.3 is 5.69 Å². The Morgan fingerprint density at radius 1 is 1.63 bits per heavy atom. The van der Waals surface area contributed by atoms with E-state index >= 15 is 0 Å². The number of hydrogen-bond acceptors (Lipinski definition) is 5. The van der Waals surface area contributed by atoms with Crippen molar-refractivity contribution in [3.05, 3.63) is 15.8 Å². The monoisotopic (exact) mass is 267 g/mol. The Labute approximate surface area is 110 Å². The quantitative estimate of drug-likeness (QED) is 0.607. The van der Waals surface area contributed by atoms with Crippen molar-refractivity contribution in [2.24, 2.45) is 0 Å². The lowest BCUT2D eigenvalue weighted by Crippen LogP contribution is -2.32. The molecule has 1 unspecified atom stereocenters. The number of carbonyl (C=O) groups is 1. The molecule has 1 aromatic rings. The van der Waals surface area contributed by atoms with Gasteiger partial charge in [0.05, 0.1) is 4.92 Å². The summed E-state index contributed by atoms with van der Waals surface area (Å²) in [7, 11) is 0. The van der Waals surface area contributed by atoms with E-state index in [1.165, 1.54) is 0 Å². The predicted octanol–water partition coefficient (Wildman–Crippen LogP) is 0.810. The predicted molar refractivity (Wildman–Crippen MR) is 68.9 cm³/mol. The van der Waals surface area contributed by atoms with Gasteiger partial charge in [-0.3, -0.25) is 14.9 Å². The van der Waals surface area contributed by atoms with Gasteiger partial charge in [0.2, 0.25) is 11.7 Å². The van der Waals surface area contributed by atoms with E-state index in [0.29, 0.717) is 31.0 Å². The maximum atomic E-state index is 11.1. The van der Waals surface area contributed by atoms with Gasteiger partial charge in [0, 0.05) is 25.6 Å². The Bertz CT molecular complexity index is 511. The number of carbonyl (C=O) groups excluding carboxylic acids is 1. The van der Waals surface area contributed by atoms with Crippen LogP contribution >= 0.6 is 0 Å². The Kier molecular flexibility index (Phi) is 3.68. The number of nitrogens with one attached hydrogen (secondary N) is 2. The van der Waals surface area contributed by atoms with Crippen molar-refractivity contribution < 1.29 is 9.72 Å². The maximum absolute atomic E-state index is 11.1. The molecule has 8 nitrogen and oxygen atoms in total. The molecule has 19 heavy (non-hydrogen) atoms. The molecule has 1 aromatic heterocycles. The van der Waals surface area contributed by atoms with Crippen molar-refractivity contribution in [2.75, 3.05) is 11.9 Å². The van der Waals surface area contributed by atoms with E-state index in [2.05, 4.69) is 15.7 Å². The highest BCUT2D eigenvalue weighted by Gasteiger charge is 2.26. The van der Waals surface area contributed by atoms with E-state index in [0.717, 1.165) is 6.42 Å². The molecule has 2 rings (SSSR count). The van der Waals surface area contributed by atoms with E-state index in [-0.39, 0.29) is 17.6 Å². The number of rotatable bonds is 5. The molecule has 1 fully saturated rings. The summed E-state index contributed by atoms with van der Waals surface area (Å²) in [5.41, 5.74) is 0.399. The van der Waals surface area contributed by atoms with Crippen LogP contribution in [0.25, 0.3) is 0 Å². The van der Waals surface area contributed by atoms with Crippen LogP contribution in [0.3, 0.4) is 0 Å². The standard InChI is InChI=1S/C11H17N5O3/c1-3-15-11(10(16(18)19)7(2)14-15)12-6-8-4-5-9(17)13-8/h8,12H,3-6H2,1-2H3,(H,13,17). The average molecular weight is 267 g/mol. The Hall–Kier alpha value is -2.12. The van der Waals surface area contributed by atoms with Crippen molar-refractivity contribution in [3.63, 3.8) is 0 Å². The molecule has 1 aliphatic heterocycles. The summed E-state index contributed by atoms with van der Waals surface area (Å²) in [6.45, 7) is 4.51. The number of aromatic nitrogens is 2. The van der Waals surface area contributed by atoms with Crippen molar-refractivity contribution in [1.29, 1.82) is 0 Å². The minimum atomic E-state index is -0.427. The van der Waals surface area contributed by atoms with Crippen molar-refractivity contribution >= 4 is 17.4 Å². The summed E-state index contributed by atoms with van der Waals surface area (Å²) < 4.78 is 1.57. The lowest BCUT2D eigenvalue weighted by Gasteiger charge is -2.12. The number of hydrogen-bond donors (Lipinski definition) is 2. The normalized spacial score (nSPS) is 18.4. The summed E-state index contributed by atoms with van der Waals surface area (Å²) in [5, 5.41) is 21.1. The van der Waals surface area contributed by atoms with Crippen LogP contribution in [0.2, 0.25) is 0 Å². The number of amides is 1. The fourth-order valence-electron chi connectivity index (χ4n) is 2.24. The summed E-state index contributed by atoms with van der Waals surface area (Å²) in [5.74, 6) is 0.438. The first-order valence-corrected chi connectivity index (χ1v) is 6.28. The van der Waals surface area contributed by atoms with Gasteiger partial charge in [-0.1, -0.05) is 0 Å². The number of anilines is 1. The zero-order valence-corrected chi connectivity index (χ0v) is 11.0. The Morgan fingerprint density at radius 3 is 2.89 bits per heavy atom. The van der Waals surface area contributed by atoms with Crippen LogP contribution in [-0.2, 0) is 11.3 Å². The third-order valence-electron chi connectivity index (χ3n) is 3.18. The molecule has 0 saturated carbocycles. The summed E-state index contributed by atoms with van der Waals surface area (Å²) in [4.78, 5) is 21.7. The second-order valence-electron chi connectivity index (χ2n) is 4.54. The molecular weight excluding hydrogens is 250 g/mol. The van der Waals surface area contributed by atoms with Gasteiger partial charge in [-0.2, -0.15) is 5.10 Å². The SMILES string of the molecule is CCn1nc(C)c([N+](=O)[O-])c1NCC1CCC(=O)N1.